The Morgan fingerprint density at radius 1 is 1.26 bits per heavy atom. The summed E-state index contributed by atoms with van der Waals surface area (Å²) in [6.07, 6.45) is 0. The number of hydrogen-bond acceptors (Lipinski definition) is 4. The molecule has 0 saturated heterocycles. The van der Waals surface area contributed by atoms with Crippen LogP contribution in [0.25, 0.3) is 21.6 Å². The average Bonchev–Trinajstić information content (AvgIpc) is 2.92. The van der Waals surface area contributed by atoms with Gasteiger partial charge in [0.1, 0.15) is 11.6 Å². The van der Waals surface area contributed by atoms with E-state index in [-0.39, 0.29) is 5.82 Å². The fraction of sp³-hybridized carbons (Fsp3) is 0.143. The summed E-state index contributed by atoms with van der Waals surface area (Å²) in [5, 5.41) is 6.01. The predicted molar refractivity (Wildman–Crippen MR) is 77.0 cm³/mol. The molecule has 3 rings (SSSR count). The van der Waals surface area contributed by atoms with Crippen LogP contribution in [-0.4, -0.2) is 16.5 Å². The molecule has 5 heteroatoms. The van der Waals surface area contributed by atoms with Crippen LogP contribution in [0.4, 0.5) is 10.2 Å². The summed E-state index contributed by atoms with van der Waals surface area (Å²) in [6.45, 7) is 2.76. The standard InChI is InChI=1S/C14H12FN3S/c1-2-16-13-10-6-5-9(15)8-11(10)17-14(18-13)12-4-3-7-19-12/h3-8H,2H2,1H3,(H,16,17,18). The van der Waals surface area contributed by atoms with Gasteiger partial charge < -0.3 is 5.32 Å². The van der Waals surface area contributed by atoms with Gasteiger partial charge in [-0.15, -0.1) is 11.3 Å². The number of anilines is 1. The zero-order valence-electron chi connectivity index (χ0n) is 10.4. The van der Waals surface area contributed by atoms with Crippen LogP contribution in [0.15, 0.2) is 35.7 Å². The molecule has 19 heavy (non-hydrogen) atoms. The van der Waals surface area contributed by atoms with Crippen molar-refractivity contribution >= 4 is 28.1 Å². The summed E-state index contributed by atoms with van der Waals surface area (Å²) >= 11 is 1.57. The molecule has 1 aromatic carbocycles. The summed E-state index contributed by atoms with van der Waals surface area (Å²) in [5.41, 5.74) is 0.620. The van der Waals surface area contributed by atoms with Gasteiger partial charge in [0, 0.05) is 18.0 Å². The van der Waals surface area contributed by atoms with Crippen LogP contribution in [0.3, 0.4) is 0 Å². The van der Waals surface area contributed by atoms with Crippen molar-refractivity contribution in [3.05, 3.63) is 41.5 Å². The molecule has 2 aromatic heterocycles. The summed E-state index contributed by atoms with van der Waals surface area (Å²) in [7, 11) is 0. The van der Waals surface area contributed by atoms with E-state index in [1.807, 2.05) is 24.4 Å². The minimum Gasteiger partial charge on any atom is -0.370 e. The molecule has 0 bridgehead atoms. The van der Waals surface area contributed by atoms with E-state index in [2.05, 4.69) is 15.3 Å². The lowest BCUT2D eigenvalue weighted by molar-refractivity contribution is 0.629. The van der Waals surface area contributed by atoms with Gasteiger partial charge in [0.15, 0.2) is 5.82 Å². The summed E-state index contributed by atoms with van der Waals surface area (Å²) in [4.78, 5) is 9.95. The van der Waals surface area contributed by atoms with Crippen molar-refractivity contribution in [2.24, 2.45) is 0 Å². The van der Waals surface area contributed by atoms with Gasteiger partial charge in [0.05, 0.1) is 10.4 Å². The third kappa shape index (κ3) is 2.29. The molecule has 0 aliphatic carbocycles. The van der Waals surface area contributed by atoms with Gasteiger partial charge >= 0.3 is 0 Å². The second kappa shape index (κ2) is 4.93. The number of benzene rings is 1. The van der Waals surface area contributed by atoms with Crippen molar-refractivity contribution in [1.29, 1.82) is 0 Å². The van der Waals surface area contributed by atoms with Crippen molar-refractivity contribution in [2.75, 3.05) is 11.9 Å². The second-order valence-corrected chi connectivity index (χ2v) is 5.01. The molecule has 0 aliphatic heterocycles. The molecular weight excluding hydrogens is 261 g/mol. The highest BCUT2D eigenvalue weighted by atomic mass is 32.1. The maximum atomic E-state index is 13.4. The maximum Gasteiger partial charge on any atom is 0.172 e. The number of halogens is 1. The Morgan fingerprint density at radius 2 is 2.16 bits per heavy atom. The number of nitrogens with zero attached hydrogens (tertiary/aromatic N) is 2. The maximum absolute atomic E-state index is 13.4. The van der Waals surface area contributed by atoms with E-state index in [0.717, 1.165) is 22.6 Å². The summed E-state index contributed by atoms with van der Waals surface area (Å²) in [5.74, 6) is 1.09. The van der Waals surface area contributed by atoms with E-state index in [4.69, 9.17) is 0 Å². The largest absolute Gasteiger partial charge is 0.370 e. The molecule has 0 radical (unpaired) electrons. The minimum absolute atomic E-state index is 0.286. The fourth-order valence-electron chi connectivity index (χ4n) is 1.92. The first-order valence-electron chi connectivity index (χ1n) is 6.03. The van der Waals surface area contributed by atoms with Crippen LogP contribution in [-0.2, 0) is 0 Å². The fourth-order valence-corrected chi connectivity index (χ4v) is 2.58. The van der Waals surface area contributed by atoms with E-state index in [1.165, 1.54) is 12.1 Å². The van der Waals surface area contributed by atoms with Crippen LogP contribution in [0.1, 0.15) is 6.92 Å². The molecule has 0 atom stereocenters. The molecule has 0 fully saturated rings. The zero-order valence-corrected chi connectivity index (χ0v) is 11.2. The topological polar surface area (TPSA) is 37.8 Å². The monoisotopic (exact) mass is 273 g/mol. The van der Waals surface area contributed by atoms with E-state index in [0.29, 0.717) is 11.3 Å². The second-order valence-electron chi connectivity index (χ2n) is 4.06. The molecule has 2 heterocycles. The first-order valence-corrected chi connectivity index (χ1v) is 6.91. The predicted octanol–water partition coefficient (Wildman–Crippen LogP) is 3.93. The zero-order chi connectivity index (χ0) is 13.2. The number of aromatic nitrogens is 2. The lowest BCUT2D eigenvalue weighted by Crippen LogP contribution is -2.02. The van der Waals surface area contributed by atoms with Crippen molar-refractivity contribution in [1.82, 2.24) is 9.97 Å². The van der Waals surface area contributed by atoms with E-state index >= 15 is 0 Å². The van der Waals surface area contributed by atoms with Crippen LogP contribution in [0.2, 0.25) is 0 Å². The van der Waals surface area contributed by atoms with E-state index < -0.39 is 0 Å². The molecule has 0 aliphatic rings. The van der Waals surface area contributed by atoms with Crippen molar-refractivity contribution < 1.29 is 4.39 Å². The number of rotatable bonds is 3. The lowest BCUT2D eigenvalue weighted by atomic mass is 10.2. The van der Waals surface area contributed by atoms with Crippen LogP contribution in [0, 0.1) is 5.82 Å². The van der Waals surface area contributed by atoms with Gasteiger partial charge in [-0.2, -0.15) is 0 Å². The molecule has 0 amide bonds. The van der Waals surface area contributed by atoms with Crippen LogP contribution >= 0.6 is 11.3 Å². The number of thiophene rings is 1. The Morgan fingerprint density at radius 3 is 2.89 bits per heavy atom. The molecule has 0 unspecified atom stereocenters. The van der Waals surface area contributed by atoms with Crippen molar-refractivity contribution in [3.8, 4) is 10.7 Å². The Balaban J connectivity index is 2.25. The van der Waals surface area contributed by atoms with Crippen LogP contribution < -0.4 is 5.32 Å². The van der Waals surface area contributed by atoms with Crippen molar-refractivity contribution in [2.45, 2.75) is 6.92 Å². The number of fused-ring (bicyclic) bond motifs is 1. The average molecular weight is 273 g/mol. The number of nitrogens with one attached hydrogen (secondary N) is 1. The van der Waals surface area contributed by atoms with E-state index in [9.17, 15) is 4.39 Å². The summed E-state index contributed by atoms with van der Waals surface area (Å²) < 4.78 is 13.4. The Kier molecular flexibility index (Phi) is 3.13. The van der Waals surface area contributed by atoms with Gasteiger partial charge in [0.2, 0.25) is 0 Å². The molecule has 0 saturated carbocycles. The minimum atomic E-state index is -0.286. The van der Waals surface area contributed by atoms with Gasteiger partial charge in [-0.1, -0.05) is 6.07 Å². The first-order chi connectivity index (χ1) is 9.28. The normalized spacial score (nSPS) is 10.8. The molecule has 3 nitrogen and oxygen atoms in total. The highest BCUT2D eigenvalue weighted by molar-refractivity contribution is 7.13. The highest BCUT2D eigenvalue weighted by Gasteiger charge is 2.10. The molecule has 1 N–H and O–H groups in total. The smallest absolute Gasteiger partial charge is 0.172 e. The van der Waals surface area contributed by atoms with Crippen LogP contribution in [0.5, 0.6) is 0 Å². The molecular formula is C14H12FN3S. The summed E-state index contributed by atoms with van der Waals surface area (Å²) in [6, 6.07) is 8.49. The van der Waals surface area contributed by atoms with E-state index in [1.54, 1.807) is 17.4 Å². The quantitative estimate of drug-likeness (QED) is 0.785. The van der Waals surface area contributed by atoms with Gasteiger partial charge in [0.25, 0.3) is 0 Å². The Hall–Kier alpha value is -2.01. The molecule has 96 valence electrons. The Bertz CT molecular complexity index is 710. The number of hydrogen-bond donors (Lipinski definition) is 1. The van der Waals surface area contributed by atoms with Gasteiger partial charge in [-0.05, 0) is 30.5 Å². The van der Waals surface area contributed by atoms with Gasteiger partial charge in [-0.3, -0.25) is 0 Å². The molecule has 0 spiro atoms. The molecule has 3 aromatic rings. The lowest BCUT2D eigenvalue weighted by Gasteiger charge is -2.08. The SMILES string of the molecule is CCNc1nc(-c2cccs2)nc2cc(F)ccc12. The first kappa shape index (κ1) is 12.0. The Labute approximate surface area is 114 Å². The van der Waals surface area contributed by atoms with Gasteiger partial charge in [-0.25, -0.2) is 14.4 Å². The van der Waals surface area contributed by atoms with Crippen molar-refractivity contribution in [3.63, 3.8) is 0 Å². The highest BCUT2D eigenvalue weighted by Crippen LogP contribution is 2.27. The third-order valence-electron chi connectivity index (χ3n) is 2.74. The third-order valence-corrected chi connectivity index (χ3v) is 3.61.